The Morgan fingerprint density at radius 1 is 1.62 bits per heavy atom. The molecule has 0 aliphatic carbocycles. The average Bonchev–Trinajstić information content (AvgIpc) is 1.64. The first-order valence-electron chi connectivity index (χ1n) is 2.64. The Kier molecular flexibility index (Phi) is 1.24. The van der Waals surface area contributed by atoms with E-state index < -0.39 is 5.60 Å². The molecular formula is C6H9NO. The normalized spacial score (nSPS) is 22.8. The number of β-amino-alcohol motifs (C(OH)–C–C–N with tert-alkyl or cyclic N) is 1. The van der Waals surface area contributed by atoms with Gasteiger partial charge >= 0.3 is 0 Å². The van der Waals surface area contributed by atoms with Crippen molar-refractivity contribution in [1.29, 1.82) is 0 Å². The molecule has 1 heterocycles. The van der Waals surface area contributed by atoms with Crippen molar-refractivity contribution < 1.29 is 5.11 Å². The lowest BCUT2D eigenvalue weighted by Gasteiger charge is -2.32. The zero-order chi connectivity index (χ0) is 6.04. The van der Waals surface area contributed by atoms with Crippen molar-refractivity contribution in [2.24, 2.45) is 0 Å². The molecule has 44 valence electrons. The van der Waals surface area contributed by atoms with Crippen molar-refractivity contribution in [3.8, 4) is 11.8 Å². The molecule has 1 fully saturated rings. The van der Waals surface area contributed by atoms with Crippen LogP contribution < -0.4 is 5.32 Å². The maximum absolute atomic E-state index is 9.17. The summed E-state index contributed by atoms with van der Waals surface area (Å²) in [7, 11) is 0. The fourth-order valence-electron chi connectivity index (χ4n) is 0.683. The highest BCUT2D eigenvalue weighted by atomic mass is 16.3. The van der Waals surface area contributed by atoms with Crippen molar-refractivity contribution in [2.45, 2.75) is 12.5 Å². The topological polar surface area (TPSA) is 32.3 Å². The first kappa shape index (κ1) is 5.61. The number of rotatable bonds is 0. The summed E-state index contributed by atoms with van der Waals surface area (Å²) in [5, 5.41) is 12.1. The summed E-state index contributed by atoms with van der Waals surface area (Å²) in [5.74, 6) is 5.37. The van der Waals surface area contributed by atoms with Gasteiger partial charge in [-0.3, -0.25) is 0 Å². The highest BCUT2D eigenvalue weighted by molar-refractivity contribution is 5.18. The SMILES string of the molecule is CC#CC1(O)CNC1. The number of aliphatic hydroxyl groups is 1. The number of nitrogens with one attached hydrogen (secondary N) is 1. The molecule has 0 aromatic carbocycles. The first-order valence-corrected chi connectivity index (χ1v) is 2.64. The quantitative estimate of drug-likeness (QED) is 0.407. The second-order valence-corrected chi connectivity index (χ2v) is 2.01. The average molecular weight is 111 g/mol. The molecule has 1 saturated heterocycles. The molecule has 1 aliphatic heterocycles. The van der Waals surface area contributed by atoms with Gasteiger partial charge in [-0.05, 0) is 6.92 Å². The van der Waals surface area contributed by atoms with E-state index in [0.717, 1.165) is 0 Å². The monoisotopic (exact) mass is 111 g/mol. The summed E-state index contributed by atoms with van der Waals surface area (Å²) in [5.41, 5.74) is -0.700. The molecule has 0 bridgehead atoms. The largest absolute Gasteiger partial charge is 0.375 e. The second-order valence-electron chi connectivity index (χ2n) is 2.01. The Hall–Kier alpha value is -0.520. The molecule has 0 saturated carbocycles. The van der Waals surface area contributed by atoms with Crippen LogP contribution in [0.5, 0.6) is 0 Å². The van der Waals surface area contributed by atoms with Crippen LogP contribution in [0.2, 0.25) is 0 Å². The van der Waals surface area contributed by atoms with E-state index in [4.69, 9.17) is 0 Å². The lowest BCUT2D eigenvalue weighted by molar-refractivity contribution is 0.0472. The molecule has 0 spiro atoms. The van der Waals surface area contributed by atoms with E-state index in [9.17, 15) is 5.11 Å². The van der Waals surface area contributed by atoms with Gasteiger partial charge in [0.05, 0.1) is 0 Å². The van der Waals surface area contributed by atoms with Gasteiger partial charge < -0.3 is 10.4 Å². The number of hydrogen-bond acceptors (Lipinski definition) is 2. The third kappa shape index (κ3) is 0.835. The van der Waals surface area contributed by atoms with Gasteiger partial charge in [-0.15, -0.1) is 5.92 Å². The molecule has 2 N–H and O–H groups in total. The standard InChI is InChI=1S/C6H9NO/c1-2-3-6(8)4-7-5-6/h7-8H,4-5H2,1H3. The maximum atomic E-state index is 9.17. The van der Waals surface area contributed by atoms with Crippen molar-refractivity contribution >= 4 is 0 Å². The van der Waals surface area contributed by atoms with Gasteiger partial charge in [-0.1, -0.05) is 5.92 Å². The van der Waals surface area contributed by atoms with Gasteiger partial charge in [0, 0.05) is 13.1 Å². The molecule has 1 rings (SSSR count). The Labute approximate surface area is 48.9 Å². The minimum Gasteiger partial charge on any atom is -0.375 e. The summed E-state index contributed by atoms with van der Waals surface area (Å²) in [4.78, 5) is 0. The predicted octanol–water partition coefficient (Wildman–Crippen LogP) is -0.656. The Morgan fingerprint density at radius 3 is 2.38 bits per heavy atom. The fraction of sp³-hybridized carbons (Fsp3) is 0.667. The molecule has 8 heavy (non-hydrogen) atoms. The van der Waals surface area contributed by atoms with Crippen molar-refractivity contribution in [3.63, 3.8) is 0 Å². The Balaban J connectivity index is 2.49. The van der Waals surface area contributed by atoms with Crippen molar-refractivity contribution in [3.05, 3.63) is 0 Å². The Bertz CT molecular complexity index is 138. The smallest absolute Gasteiger partial charge is 0.150 e. The summed E-state index contributed by atoms with van der Waals surface area (Å²) in [6, 6.07) is 0. The van der Waals surface area contributed by atoms with Gasteiger partial charge in [0.2, 0.25) is 0 Å². The van der Waals surface area contributed by atoms with E-state index in [0.29, 0.717) is 13.1 Å². The zero-order valence-corrected chi connectivity index (χ0v) is 4.86. The molecule has 1 aliphatic rings. The van der Waals surface area contributed by atoms with Crippen LogP contribution in [0, 0.1) is 11.8 Å². The molecular weight excluding hydrogens is 102 g/mol. The van der Waals surface area contributed by atoms with Gasteiger partial charge in [0.1, 0.15) is 5.60 Å². The second kappa shape index (κ2) is 1.77. The highest BCUT2D eigenvalue weighted by Gasteiger charge is 2.31. The molecule has 0 aromatic rings. The van der Waals surface area contributed by atoms with Crippen molar-refractivity contribution in [2.75, 3.05) is 13.1 Å². The molecule has 0 radical (unpaired) electrons. The van der Waals surface area contributed by atoms with Crippen LogP contribution in [0.4, 0.5) is 0 Å². The first-order chi connectivity index (χ1) is 3.77. The minimum atomic E-state index is -0.700. The van der Waals surface area contributed by atoms with Crippen LogP contribution >= 0.6 is 0 Å². The molecule has 0 unspecified atom stereocenters. The minimum absolute atomic E-state index is 0.619. The van der Waals surface area contributed by atoms with Crippen LogP contribution in [0.3, 0.4) is 0 Å². The highest BCUT2D eigenvalue weighted by Crippen LogP contribution is 2.06. The van der Waals surface area contributed by atoms with Crippen LogP contribution in [0.25, 0.3) is 0 Å². The summed E-state index contributed by atoms with van der Waals surface area (Å²) < 4.78 is 0. The van der Waals surface area contributed by atoms with Gasteiger partial charge in [-0.2, -0.15) is 0 Å². The lowest BCUT2D eigenvalue weighted by atomic mass is 9.99. The van der Waals surface area contributed by atoms with Crippen LogP contribution in [-0.2, 0) is 0 Å². The third-order valence-electron chi connectivity index (χ3n) is 1.19. The number of hydrogen-bond donors (Lipinski definition) is 2. The van der Waals surface area contributed by atoms with Gasteiger partial charge in [0.15, 0.2) is 0 Å². The van der Waals surface area contributed by atoms with E-state index in [1.807, 2.05) is 0 Å². The summed E-state index contributed by atoms with van der Waals surface area (Å²) in [6.07, 6.45) is 0. The molecule has 0 atom stereocenters. The van der Waals surface area contributed by atoms with E-state index in [2.05, 4.69) is 17.2 Å². The predicted molar refractivity (Wildman–Crippen MR) is 31.3 cm³/mol. The third-order valence-corrected chi connectivity index (χ3v) is 1.19. The van der Waals surface area contributed by atoms with Crippen LogP contribution in [0.15, 0.2) is 0 Å². The van der Waals surface area contributed by atoms with Crippen LogP contribution in [-0.4, -0.2) is 23.8 Å². The van der Waals surface area contributed by atoms with Gasteiger partial charge in [0.25, 0.3) is 0 Å². The maximum Gasteiger partial charge on any atom is 0.150 e. The molecule has 0 aromatic heterocycles. The van der Waals surface area contributed by atoms with Gasteiger partial charge in [-0.25, -0.2) is 0 Å². The Morgan fingerprint density at radius 2 is 2.25 bits per heavy atom. The van der Waals surface area contributed by atoms with E-state index >= 15 is 0 Å². The van der Waals surface area contributed by atoms with E-state index in [-0.39, 0.29) is 0 Å². The zero-order valence-electron chi connectivity index (χ0n) is 4.86. The van der Waals surface area contributed by atoms with E-state index in [1.165, 1.54) is 0 Å². The molecule has 2 heteroatoms. The van der Waals surface area contributed by atoms with Crippen molar-refractivity contribution in [1.82, 2.24) is 5.32 Å². The molecule has 0 amide bonds. The van der Waals surface area contributed by atoms with E-state index in [1.54, 1.807) is 6.92 Å². The van der Waals surface area contributed by atoms with Crippen LogP contribution in [0.1, 0.15) is 6.92 Å². The molecule has 2 nitrogen and oxygen atoms in total. The lowest BCUT2D eigenvalue weighted by Crippen LogP contribution is -2.58. The summed E-state index contributed by atoms with van der Waals surface area (Å²) >= 11 is 0. The fourth-order valence-corrected chi connectivity index (χ4v) is 0.683. The summed E-state index contributed by atoms with van der Waals surface area (Å²) in [6.45, 7) is 2.97.